The lowest BCUT2D eigenvalue weighted by atomic mass is 9.87. The Hall–Kier alpha value is -1.49. The van der Waals surface area contributed by atoms with Gasteiger partial charge in [0.1, 0.15) is 0 Å². The van der Waals surface area contributed by atoms with Crippen LogP contribution in [-0.2, 0) is 0 Å². The fourth-order valence-electron chi connectivity index (χ4n) is 3.15. The first kappa shape index (κ1) is 7.87. The molecule has 2 unspecified atom stereocenters. The van der Waals surface area contributed by atoms with Crippen LogP contribution in [0.4, 0.5) is 5.69 Å². The van der Waals surface area contributed by atoms with Gasteiger partial charge < -0.3 is 5.73 Å². The Kier molecular flexibility index (Phi) is 1.41. The predicted octanol–water partition coefficient (Wildman–Crippen LogP) is 2.51. The zero-order valence-electron chi connectivity index (χ0n) is 7.96. The number of nitrogen functional groups attached to an aromatic ring is 1. The Balaban J connectivity index is 2.31. The lowest BCUT2D eigenvalue weighted by molar-refractivity contribution is 0.717. The third kappa shape index (κ3) is 0.798. The fourth-order valence-corrected chi connectivity index (χ4v) is 3.15. The third-order valence-electron chi connectivity index (χ3n) is 3.69. The molecule has 0 radical (unpaired) electrons. The number of hydrogen-bond donors (Lipinski definition) is 1. The summed E-state index contributed by atoms with van der Waals surface area (Å²) in [6.45, 7) is 0. The first-order valence-electron chi connectivity index (χ1n) is 5.13. The van der Waals surface area contributed by atoms with Crippen LogP contribution in [0.5, 0.6) is 0 Å². The predicted molar refractivity (Wildman–Crippen MR) is 54.9 cm³/mol. The molecule has 1 fully saturated rings. The first-order chi connectivity index (χ1) is 6.81. The molecule has 0 spiro atoms. The topological polar surface area (TPSA) is 49.8 Å². The van der Waals surface area contributed by atoms with Crippen LogP contribution < -0.4 is 5.73 Å². The summed E-state index contributed by atoms with van der Waals surface area (Å²) < 4.78 is 0. The smallest absolute Gasteiger partial charge is 0.0994 e. The molecule has 0 amide bonds. The van der Waals surface area contributed by atoms with Gasteiger partial charge in [-0.15, -0.1) is 0 Å². The SMILES string of the molecule is N#Cc1ccc(N)c2c1C1CCC2C1. The average molecular weight is 184 g/mol. The number of hydrogen-bond acceptors (Lipinski definition) is 2. The molecule has 2 nitrogen and oxygen atoms in total. The molecule has 0 aromatic heterocycles. The van der Waals surface area contributed by atoms with Gasteiger partial charge in [0.25, 0.3) is 0 Å². The highest BCUT2D eigenvalue weighted by Gasteiger charge is 2.39. The molecule has 70 valence electrons. The van der Waals surface area contributed by atoms with Gasteiger partial charge in [0.2, 0.25) is 0 Å². The maximum Gasteiger partial charge on any atom is 0.0994 e. The van der Waals surface area contributed by atoms with Gasteiger partial charge >= 0.3 is 0 Å². The van der Waals surface area contributed by atoms with Crippen molar-refractivity contribution < 1.29 is 0 Å². The van der Waals surface area contributed by atoms with E-state index in [-0.39, 0.29) is 0 Å². The summed E-state index contributed by atoms with van der Waals surface area (Å²) in [4.78, 5) is 0. The van der Waals surface area contributed by atoms with Crippen LogP contribution in [0.1, 0.15) is 47.8 Å². The van der Waals surface area contributed by atoms with Crippen molar-refractivity contribution in [2.24, 2.45) is 0 Å². The van der Waals surface area contributed by atoms with Crippen LogP contribution in [0.2, 0.25) is 0 Å². The summed E-state index contributed by atoms with van der Waals surface area (Å²) >= 11 is 0. The Morgan fingerprint density at radius 1 is 1.21 bits per heavy atom. The maximum absolute atomic E-state index is 9.03. The van der Waals surface area contributed by atoms with Crippen molar-refractivity contribution in [1.82, 2.24) is 0 Å². The number of benzene rings is 1. The van der Waals surface area contributed by atoms with Gasteiger partial charge in [-0.3, -0.25) is 0 Å². The van der Waals surface area contributed by atoms with Crippen molar-refractivity contribution in [3.63, 3.8) is 0 Å². The second kappa shape index (κ2) is 2.51. The van der Waals surface area contributed by atoms with E-state index in [9.17, 15) is 0 Å². The molecule has 0 aliphatic heterocycles. The van der Waals surface area contributed by atoms with Crippen molar-refractivity contribution >= 4 is 5.69 Å². The van der Waals surface area contributed by atoms with Gasteiger partial charge in [-0.1, -0.05) is 0 Å². The molecule has 2 N–H and O–H groups in total. The van der Waals surface area contributed by atoms with Crippen LogP contribution in [0, 0.1) is 11.3 Å². The second-order valence-corrected chi connectivity index (χ2v) is 4.35. The van der Waals surface area contributed by atoms with Gasteiger partial charge in [-0.25, -0.2) is 0 Å². The number of nitriles is 1. The van der Waals surface area contributed by atoms with Gasteiger partial charge in [0, 0.05) is 5.69 Å². The molecule has 2 heteroatoms. The lowest BCUT2D eigenvalue weighted by Crippen LogP contribution is -2.04. The lowest BCUT2D eigenvalue weighted by Gasteiger charge is -2.17. The zero-order chi connectivity index (χ0) is 9.71. The van der Waals surface area contributed by atoms with E-state index in [1.165, 1.54) is 30.4 Å². The highest BCUT2D eigenvalue weighted by molar-refractivity contribution is 5.63. The number of nitrogens with zero attached hydrogens (tertiary/aromatic N) is 1. The van der Waals surface area contributed by atoms with E-state index in [0.29, 0.717) is 11.8 Å². The van der Waals surface area contributed by atoms with E-state index in [0.717, 1.165) is 11.3 Å². The van der Waals surface area contributed by atoms with E-state index in [1.54, 1.807) is 0 Å². The summed E-state index contributed by atoms with van der Waals surface area (Å²) in [7, 11) is 0. The van der Waals surface area contributed by atoms with Gasteiger partial charge in [0.05, 0.1) is 11.6 Å². The largest absolute Gasteiger partial charge is 0.398 e. The van der Waals surface area contributed by atoms with Crippen LogP contribution in [0.3, 0.4) is 0 Å². The zero-order valence-corrected chi connectivity index (χ0v) is 7.96. The quantitative estimate of drug-likeness (QED) is 0.630. The highest BCUT2D eigenvalue weighted by Crippen LogP contribution is 2.55. The minimum absolute atomic E-state index is 0.619. The second-order valence-electron chi connectivity index (χ2n) is 4.35. The number of fused-ring (bicyclic) bond motifs is 5. The molecule has 2 atom stereocenters. The van der Waals surface area contributed by atoms with Crippen molar-refractivity contribution in [2.75, 3.05) is 5.73 Å². The minimum Gasteiger partial charge on any atom is -0.398 e. The fraction of sp³-hybridized carbons (Fsp3) is 0.417. The van der Waals surface area contributed by atoms with Crippen LogP contribution in [-0.4, -0.2) is 0 Å². The van der Waals surface area contributed by atoms with Gasteiger partial charge in [-0.05, 0) is 54.4 Å². The van der Waals surface area contributed by atoms with Crippen molar-refractivity contribution in [2.45, 2.75) is 31.1 Å². The van der Waals surface area contributed by atoms with Crippen molar-refractivity contribution in [3.8, 4) is 6.07 Å². The highest BCUT2D eigenvalue weighted by atomic mass is 14.6. The molecule has 14 heavy (non-hydrogen) atoms. The van der Waals surface area contributed by atoms with Crippen LogP contribution in [0.15, 0.2) is 12.1 Å². The molecule has 1 saturated carbocycles. The molecule has 1 aromatic rings. The standard InChI is InChI=1S/C12H12N2/c13-6-9-3-4-10(14)12-8-2-1-7(5-8)11(9)12/h3-4,7-8H,1-2,5,14H2. The summed E-state index contributed by atoms with van der Waals surface area (Å²) in [5.74, 6) is 1.26. The molecule has 3 rings (SSSR count). The van der Waals surface area contributed by atoms with Gasteiger partial charge in [0.15, 0.2) is 0 Å². The summed E-state index contributed by atoms with van der Waals surface area (Å²) in [5.41, 5.74) is 10.3. The normalized spacial score (nSPS) is 27.4. The van der Waals surface area contributed by atoms with Crippen molar-refractivity contribution in [1.29, 1.82) is 5.26 Å². The number of anilines is 1. The Morgan fingerprint density at radius 2 is 1.93 bits per heavy atom. The molecular formula is C12H12N2. The van der Waals surface area contributed by atoms with E-state index in [2.05, 4.69) is 6.07 Å². The summed E-state index contributed by atoms with van der Waals surface area (Å²) in [6, 6.07) is 6.04. The van der Waals surface area contributed by atoms with E-state index >= 15 is 0 Å². The van der Waals surface area contributed by atoms with Crippen molar-refractivity contribution in [3.05, 3.63) is 28.8 Å². The van der Waals surface area contributed by atoms with E-state index < -0.39 is 0 Å². The Labute approximate surface area is 83.3 Å². The van der Waals surface area contributed by atoms with E-state index in [1.807, 2.05) is 12.1 Å². The molecule has 0 saturated heterocycles. The molecule has 2 aliphatic rings. The Morgan fingerprint density at radius 3 is 2.64 bits per heavy atom. The van der Waals surface area contributed by atoms with Gasteiger partial charge in [-0.2, -0.15) is 5.26 Å². The van der Waals surface area contributed by atoms with Crippen LogP contribution >= 0.6 is 0 Å². The first-order valence-corrected chi connectivity index (χ1v) is 5.13. The molecule has 2 aliphatic carbocycles. The monoisotopic (exact) mass is 184 g/mol. The minimum atomic E-state index is 0.619. The maximum atomic E-state index is 9.03. The molecule has 1 aromatic carbocycles. The van der Waals surface area contributed by atoms with Crippen LogP contribution in [0.25, 0.3) is 0 Å². The molecular weight excluding hydrogens is 172 g/mol. The number of rotatable bonds is 0. The summed E-state index contributed by atoms with van der Waals surface area (Å²) in [5, 5.41) is 9.03. The van der Waals surface area contributed by atoms with E-state index in [4.69, 9.17) is 11.0 Å². The summed E-state index contributed by atoms with van der Waals surface area (Å²) in [6.07, 6.45) is 3.73. The third-order valence-corrected chi connectivity index (χ3v) is 3.69. The molecule has 2 bridgehead atoms. The Bertz CT molecular complexity index is 442. The molecule has 0 heterocycles. The average Bonchev–Trinajstić information content (AvgIpc) is 2.79. The number of nitrogens with two attached hydrogens (primary N) is 1.